The molecule has 0 aliphatic carbocycles. The number of anilines is 4. The van der Waals surface area contributed by atoms with Crippen LogP contribution in [-0.4, -0.2) is 9.55 Å². The molecule has 6 aromatic carbocycles. The number of ether oxygens (including phenoxy) is 1. The molecule has 0 amide bonds. The van der Waals surface area contributed by atoms with Crippen LogP contribution in [0.2, 0.25) is 0 Å². The van der Waals surface area contributed by atoms with E-state index in [4.69, 9.17) is 9.72 Å². The third-order valence-corrected chi connectivity index (χ3v) is 10.5. The van der Waals surface area contributed by atoms with Crippen molar-refractivity contribution in [3.05, 3.63) is 175 Å². The molecular weight excluding hydrogens is 892 g/mol. The van der Waals surface area contributed by atoms with Gasteiger partial charge in [-0.3, -0.25) is 7.05 Å². The molecule has 0 spiro atoms. The summed E-state index contributed by atoms with van der Waals surface area (Å²) in [7, 11) is 4.56. The molecule has 0 saturated carbocycles. The maximum atomic E-state index is 6.54. The third kappa shape index (κ3) is 8.33. The van der Waals surface area contributed by atoms with E-state index in [1.165, 1.54) is 27.8 Å². The van der Waals surface area contributed by atoms with Crippen LogP contribution >= 0.6 is 0 Å². The zero-order valence-electron chi connectivity index (χ0n) is 34.5. The van der Waals surface area contributed by atoms with Crippen LogP contribution in [0.25, 0.3) is 38.8 Å². The van der Waals surface area contributed by atoms with Crippen molar-refractivity contribution in [3.8, 4) is 28.4 Å². The normalized spacial score (nSPS) is 11.7. The second-order valence-corrected chi connectivity index (χ2v) is 17.1. The predicted molar refractivity (Wildman–Crippen MR) is 239 cm³/mol. The molecule has 0 aliphatic rings. The van der Waals surface area contributed by atoms with Crippen molar-refractivity contribution in [2.45, 2.75) is 66.2 Å². The number of aryl methyl sites for hydroxylation is 2. The molecule has 296 valence electrons. The molecule has 2 heterocycles. The molecule has 0 fully saturated rings. The zero-order chi connectivity index (χ0) is 40.1. The van der Waals surface area contributed by atoms with E-state index in [0.717, 1.165) is 55.9 Å². The molecule has 8 aromatic rings. The van der Waals surface area contributed by atoms with E-state index in [-0.39, 0.29) is 31.9 Å². The SMILES string of the molecule is [CH2-]N(c1[c-]c(Oc2[c-]c3c(cc2)c2ccccc2n3-c2cc(C(C)(C)C)ccn2)ccc1)c1cc(C(C)(C)C)ccc1Nc1cccc(-c2cc(C)cc(C)c2)c1.[Pt]. The van der Waals surface area contributed by atoms with Crippen LogP contribution in [0.4, 0.5) is 22.7 Å². The first kappa shape index (κ1) is 40.6. The van der Waals surface area contributed by atoms with Crippen LogP contribution in [0.3, 0.4) is 0 Å². The summed E-state index contributed by atoms with van der Waals surface area (Å²) in [5.41, 5.74) is 12.8. The van der Waals surface area contributed by atoms with Gasteiger partial charge < -0.3 is 19.5 Å². The topological polar surface area (TPSA) is 42.3 Å². The summed E-state index contributed by atoms with van der Waals surface area (Å²) in [6.45, 7) is 17.6. The van der Waals surface area contributed by atoms with E-state index in [2.05, 4.69) is 188 Å². The molecule has 8 rings (SSSR count). The van der Waals surface area contributed by atoms with Crippen molar-refractivity contribution in [1.82, 2.24) is 9.55 Å². The van der Waals surface area contributed by atoms with Crippen molar-refractivity contribution < 1.29 is 25.8 Å². The molecular formula is C52H49N4OPt-3. The van der Waals surface area contributed by atoms with E-state index in [1.807, 2.05) is 35.4 Å². The summed E-state index contributed by atoms with van der Waals surface area (Å²) < 4.78 is 8.72. The number of nitrogens with zero attached hydrogens (tertiary/aromatic N) is 3. The van der Waals surface area contributed by atoms with Crippen molar-refractivity contribution in [3.63, 3.8) is 0 Å². The average molecular weight is 941 g/mol. The fraction of sp³-hybridized carbons (Fsp3) is 0.192. The Morgan fingerprint density at radius 3 is 2.12 bits per heavy atom. The Labute approximate surface area is 358 Å². The van der Waals surface area contributed by atoms with Gasteiger partial charge in [0.25, 0.3) is 0 Å². The van der Waals surface area contributed by atoms with E-state index in [9.17, 15) is 0 Å². The van der Waals surface area contributed by atoms with Gasteiger partial charge in [0, 0.05) is 55.7 Å². The average Bonchev–Trinajstić information content (AvgIpc) is 3.50. The van der Waals surface area contributed by atoms with Crippen LogP contribution in [-0.2, 0) is 31.9 Å². The Morgan fingerprint density at radius 1 is 0.655 bits per heavy atom. The number of benzene rings is 6. The second-order valence-electron chi connectivity index (χ2n) is 17.1. The van der Waals surface area contributed by atoms with Gasteiger partial charge in [-0.25, -0.2) is 4.98 Å². The quantitative estimate of drug-likeness (QED) is 0.154. The van der Waals surface area contributed by atoms with Gasteiger partial charge in [-0.2, -0.15) is 12.1 Å². The summed E-state index contributed by atoms with van der Waals surface area (Å²) in [5.74, 6) is 2.00. The van der Waals surface area contributed by atoms with Crippen molar-refractivity contribution in [2.75, 3.05) is 10.2 Å². The van der Waals surface area contributed by atoms with E-state index in [1.54, 1.807) is 0 Å². The van der Waals surface area contributed by atoms with Crippen LogP contribution in [0.15, 0.2) is 134 Å². The number of nitrogens with one attached hydrogen (secondary N) is 1. The first-order chi connectivity index (χ1) is 27.2. The number of para-hydroxylation sites is 1. The molecule has 2 aromatic heterocycles. The molecule has 6 heteroatoms. The third-order valence-electron chi connectivity index (χ3n) is 10.5. The van der Waals surface area contributed by atoms with E-state index >= 15 is 0 Å². The molecule has 5 nitrogen and oxygen atoms in total. The summed E-state index contributed by atoms with van der Waals surface area (Å²) in [6.07, 6.45) is 1.89. The summed E-state index contributed by atoms with van der Waals surface area (Å²) in [4.78, 5) is 6.75. The van der Waals surface area contributed by atoms with E-state index in [0.29, 0.717) is 11.5 Å². The Morgan fingerprint density at radius 2 is 1.36 bits per heavy atom. The minimum absolute atomic E-state index is 0. The maximum absolute atomic E-state index is 6.54. The number of fused-ring (bicyclic) bond motifs is 3. The van der Waals surface area contributed by atoms with Gasteiger partial charge in [-0.15, -0.1) is 41.4 Å². The van der Waals surface area contributed by atoms with Crippen LogP contribution < -0.4 is 15.0 Å². The standard InChI is InChI=1S/C52H49N4O.Pt/c1-34-26-35(2)28-37(27-34)36-14-12-15-40(29-36)54-46-23-20-38(51(3,4)5)30-49(46)55(9)41-16-13-17-42(32-41)57-43-21-22-45-44-18-10-11-19-47(44)56(48(45)33-43)50-31-39(24-25-53-50)52(6,7)8;/h10-31,54H,9H2,1-8H3;/q-3;. The van der Waals surface area contributed by atoms with Crippen molar-refractivity contribution in [1.29, 1.82) is 0 Å². The number of aromatic nitrogens is 2. The Bertz CT molecular complexity index is 2750. The molecule has 0 bridgehead atoms. The largest absolute Gasteiger partial charge is 0.516 e. The van der Waals surface area contributed by atoms with Gasteiger partial charge >= 0.3 is 0 Å². The molecule has 0 unspecified atom stereocenters. The smallest absolute Gasteiger partial charge is 0.135 e. The fourth-order valence-electron chi connectivity index (χ4n) is 7.48. The zero-order valence-corrected chi connectivity index (χ0v) is 36.7. The van der Waals surface area contributed by atoms with Crippen molar-refractivity contribution >= 4 is 44.6 Å². The first-order valence-electron chi connectivity index (χ1n) is 19.5. The van der Waals surface area contributed by atoms with Gasteiger partial charge in [-0.1, -0.05) is 113 Å². The summed E-state index contributed by atoms with van der Waals surface area (Å²) in [6, 6.07) is 51.6. The first-order valence-corrected chi connectivity index (χ1v) is 19.5. The van der Waals surface area contributed by atoms with Crippen LogP contribution in [0.1, 0.15) is 63.8 Å². The molecule has 1 N–H and O–H groups in total. The number of hydrogen-bond acceptors (Lipinski definition) is 4. The van der Waals surface area contributed by atoms with Gasteiger partial charge in [0.15, 0.2) is 0 Å². The van der Waals surface area contributed by atoms with Gasteiger partial charge in [0.1, 0.15) is 5.82 Å². The van der Waals surface area contributed by atoms with E-state index < -0.39 is 0 Å². The number of pyridine rings is 1. The summed E-state index contributed by atoms with van der Waals surface area (Å²) >= 11 is 0. The second kappa shape index (κ2) is 16.0. The molecule has 0 saturated heterocycles. The predicted octanol–water partition coefficient (Wildman–Crippen LogP) is 14.1. The van der Waals surface area contributed by atoms with Gasteiger partial charge in [0.05, 0.1) is 5.69 Å². The van der Waals surface area contributed by atoms with Gasteiger partial charge in [-0.05, 0) is 94.8 Å². The van der Waals surface area contributed by atoms with Crippen molar-refractivity contribution in [2.24, 2.45) is 0 Å². The monoisotopic (exact) mass is 940 g/mol. The Kier molecular flexibility index (Phi) is 11.2. The fourth-order valence-corrected chi connectivity index (χ4v) is 7.48. The Balaban J connectivity index is 0.00000512. The molecule has 0 atom stereocenters. The molecule has 0 aliphatic heterocycles. The molecule has 0 radical (unpaired) electrons. The summed E-state index contributed by atoms with van der Waals surface area (Å²) in [5, 5.41) is 5.94. The number of hydrogen-bond donors (Lipinski definition) is 1. The molecule has 58 heavy (non-hydrogen) atoms. The minimum atomic E-state index is -0.0632. The van der Waals surface area contributed by atoms with Crippen LogP contribution in [0.5, 0.6) is 11.5 Å². The van der Waals surface area contributed by atoms with Gasteiger partial charge in [0.2, 0.25) is 0 Å². The Hall–Kier alpha value is -5.64. The number of rotatable bonds is 8. The minimum Gasteiger partial charge on any atom is -0.516 e. The van der Waals surface area contributed by atoms with Crippen LogP contribution in [0, 0.1) is 33.0 Å². The maximum Gasteiger partial charge on any atom is 0.135 e.